The van der Waals surface area contributed by atoms with Gasteiger partial charge in [-0.1, -0.05) is 6.07 Å². The Morgan fingerprint density at radius 2 is 1.84 bits per heavy atom. The molecule has 3 aliphatic rings. The predicted molar refractivity (Wildman–Crippen MR) is 114 cm³/mol. The number of amides is 2. The molecule has 0 unspecified atom stereocenters. The van der Waals surface area contributed by atoms with Crippen LogP contribution in [0, 0.1) is 6.92 Å². The van der Waals surface area contributed by atoms with Crippen LogP contribution in [0.15, 0.2) is 24.7 Å². The number of carbonyl (C=O) groups is 2. The van der Waals surface area contributed by atoms with Crippen molar-refractivity contribution in [2.75, 3.05) is 42.6 Å². The molecule has 1 atom stereocenters. The highest BCUT2D eigenvalue weighted by molar-refractivity contribution is 5.93. The van der Waals surface area contributed by atoms with Gasteiger partial charge in [-0.3, -0.25) is 9.69 Å². The summed E-state index contributed by atoms with van der Waals surface area (Å²) in [5.41, 5.74) is 2.81. The zero-order valence-electron chi connectivity index (χ0n) is 17.8. The Hall–Kier alpha value is -3.23. The number of nitrogens with zero attached hydrogens (tertiary/aromatic N) is 6. The number of ether oxygens (including phenoxy) is 1. The normalized spacial score (nSPS) is 21.4. The Morgan fingerprint density at radius 3 is 2.42 bits per heavy atom. The molecule has 5 rings (SSSR count). The van der Waals surface area contributed by atoms with Crippen LogP contribution in [0.25, 0.3) is 0 Å². The first-order valence-electron chi connectivity index (χ1n) is 10.8. The number of aryl methyl sites for hydroxylation is 1. The van der Waals surface area contributed by atoms with E-state index in [0.717, 1.165) is 18.9 Å². The fourth-order valence-electron chi connectivity index (χ4n) is 4.23. The third-order valence-electron chi connectivity index (χ3n) is 6.18. The van der Waals surface area contributed by atoms with Gasteiger partial charge in [-0.05, 0) is 43.7 Å². The van der Waals surface area contributed by atoms with Crippen molar-refractivity contribution in [1.29, 1.82) is 0 Å². The molecule has 0 aromatic carbocycles. The van der Waals surface area contributed by atoms with E-state index in [9.17, 15) is 9.59 Å². The van der Waals surface area contributed by atoms with E-state index in [0.29, 0.717) is 31.4 Å². The van der Waals surface area contributed by atoms with Crippen molar-refractivity contribution in [3.63, 3.8) is 0 Å². The second kappa shape index (κ2) is 7.79. The number of carbonyl (C=O) groups excluding carboxylic acids is 2. The molecule has 2 aliphatic heterocycles. The molecular formula is C22H26N6O3. The Bertz CT molecular complexity index is 999. The molecule has 0 spiro atoms. The number of piperazine rings is 1. The van der Waals surface area contributed by atoms with E-state index in [4.69, 9.17) is 9.72 Å². The summed E-state index contributed by atoms with van der Waals surface area (Å²) < 4.78 is 5.02. The maximum Gasteiger partial charge on any atom is 0.415 e. The molecular weight excluding hydrogens is 396 g/mol. The zero-order chi connectivity index (χ0) is 21.5. The molecule has 162 valence electrons. The second-order valence-electron chi connectivity index (χ2n) is 8.52. The van der Waals surface area contributed by atoms with Crippen molar-refractivity contribution in [3.8, 4) is 0 Å². The van der Waals surface area contributed by atoms with Gasteiger partial charge in [-0.25, -0.2) is 19.7 Å². The number of hydrogen-bond acceptors (Lipinski definition) is 7. The first-order chi connectivity index (χ1) is 15.0. The van der Waals surface area contributed by atoms with E-state index in [-0.39, 0.29) is 17.6 Å². The molecule has 3 fully saturated rings. The summed E-state index contributed by atoms with van der Waals surface area (Å²) in [6, 6.07) is 2.15. The van der Waals surface area contributed by atoms with Crippen LogP contribution >= 0.6 is 0 Å². The lowest BCUT2D eigenvalue weighted by Gasteiger charge is -2.36. The third kappa shape index (κ3) is 3.80. The lowest BCUT2D eigenvalue weighted by Crippen LogP contribution is -2.49. The van der Waals surface area contributed by atoms with Gasteiger partial charge >= 0.3 is 6.09 Å². The molecule has 9 nitrogen and oxygen atoms in total. The van der Waals surface area contributed by atoms with Crippen LogP contribution in [0.2, 0.25) is 0 Å². The minimum atomic E-state index is -0.439. The van der Waals surface area contributed by atoms with Gasteiger partial charge < -0.3 is 14.5 Å². The Morgan fingerprint density at radius 1 is 1.06 bits per heavy atom. The monoisotopic (exact) mass is 422 g/mol. The highest BCUT2D eigenvalue weighted by atomic mass is 16.6. The average Bonchev–Trinajstić information content (AvgIpc) is 3.58. The molecule has 1 saturated carbocycles. The van der Waals surface area contributed by atoms with E-state index in [1.807, 2.05) is 13.1 Å². The van der Waals surface area contributed by atoms with Crippen molar-refractivity contribution < 1.29 is 14.3 Å². The Balaban J connectivity index is 1.21. The molecule has 2 saturated heterocycles. The van der Waals surface area contributed by atoms with Gasteiger partial charge in [0.05, 0.1) is 18.4 Å². The third-order valence-corrected chi connectivity index (χ3v) is 6.18. The van der Waals surface area contributed by atoms with Crippen LogP contribution in [-0.2, 0) is 4.74 Å². The van der Waals surface area contributed by atoms with Crippen LogP contribution in [-0.4, -0.2) is 70.7 Å². The van der Waals surface area contributed by atoms with Crippen LogP contribution in [0.4, 0.5) is 16.4 Å². The molecule has 2 aromatic heterocycles. The minimum Gasteiger partial charge on any atom is -0.447 e. The van der Waals surface area contributed by atoms with Crippen LogP contribution in [0.5, 0.6) is 0 Å². The van der Waals surface area contributed by atoms with Crippen molar-refractivity contribution in [3.05, 3.63) is 41.5 Å². The van der Waals surface area contributed by atoms with Crippen LogP contribution in [0.3, 0.4) is 0 Å². The molecule has 0 radical (unpaired) electrons. The van der Waals surface area contributed by atoms with Crippen molar-refractivity contribution >= 4 is 23.6 Å². The quantitative estimate of drug-likeness (QED) is 0.747. The van der Waals surface area contributed by atoms with E-state index < -0.39 is 6.09 Å². The van der Waals surface area contributed by atoms with Crippen LogP contribution < -0.4 is 9.80 Å². The fourth-order valence-corrected chi connectivity index (χ4v) is 4.23. The Kier molecular flexibility index (Phi) is 4.95. The molecule has 31 heavy (non-hydrogen) atoms. The van der Waals surface area contributed by atoms with Gasteiger partial charge in [0.25, 0.3) is 5.91 Å². The van der Waals surface area contributed by atoms with Gasteiger partial charge in [0.15, 0.2) is 5.82 Å². The minimum absolute atomic E-state index is 0.105. The maximum absolute atomic E-state index is 12.9. The van der Waals surface area contributed by atoms with Crippen molar-refractivity contribution in [2.24, 2.45) is 0 Å². The Labute approximate surface area is 181 Å². The maximum atomic E-state index is 12.9. The molecule has 9 heteroatoms. The molecule has 4 heterocycles. The molecule has 0 N–H and O–H groups in total. The highest BCUT2D eigenvalue weighted by Crippen LogP contribution is 2.40. The molecule has 2 amide bonds. The topological polar surface area (TPSA) is 91.8 Å². The zero-order valence-corrected chi connectivity index (χ0v) is 17.8. The van der Waals surface area contributed by atoms with E-state index in [1.54, 1.807) is 4.90 Å². The summed E-state index contributed by atoms with van der Waals surface area (Å²) in [4.78, 5) is 43.4. The van der Waals surface area contributed by atoms with E-state index in [1.165, 1.54) is 41.3 Å². The van der Waals surface area contributed by atoms with Crippen molar-refractivity contribution in [1.82, 2.24) is 19.9 Å². The summed E-state index contributed by atoms with van der Waals surface area (Å²) >= 11 is 0. The smallest absolute Gasteiger partial charge is 0.415 e. The van der Waals surface area contributed by atoms with E-state index in [2.05, 4.69) is 27.9 Å². The SMILES string of the molecule is Cc1cc(C2CC2)cnc1N1CCN(C(=O)c2cnc(N3C(=O)OC[C@H]3C)cn2)CC1. The van der Waals surface area contributed by atoms with Gasteiger partial charge in [-0.15, -0.1) is 0 Å². The van der Waals surface area contributed by atoms with Gasteiger partial charge in [-0.2, -0.15) is 0 Å². The number of aromatic nitrogens is 3. The summed E-state index contributed by atoms with van der Waals surface area (Å²) in [7, 11) is 0. The number of cyclic esters (lactones) is 1. The number of hydrogen-bond donors (Lipinski definition) is 0. The van der Waals surface area contributed by atoms with Crippen LogP contribution in [0.1, 0.15) is 47.3 Å². The standard InChI is InChI=1S/C22H26N6O3/c1-14-9-17(16-3-4-16)10-25-20(14)26-5-7-27(8-6-26)21(29)18-11-24-19(12-23-18)28-15(2)13-31-22(28)30/h9-12,15-16H,3-8,13H2,1-2H3/t15-/m1/s1. The van der Waals surface area contributed by atoms with Gasteiger partial charge in [0, 0.05) is 32.4 Å². The largest absolute Gasteiger partial charge is 0.447 e. The number of anilines is 2. The molecule has 1 aliphatic carbocycles. The second-order valence-corrected chi connectivity index (χ2v) is 8.52. The lowest BCUT2D eigenvalue weighted by atomic mass is 10.1. The first-order valence-corrected chi connectivity index (χ1v) is 10.8. The van der Waals surface area contributed by atoms with Gasteiger partial charge in [0.2, 0.25) is 0 Å². The summed E-state index contributed by atoms with van der Waals surface area (Å²) in [5.74, 6) is 1.95. The number of pyridine rings is 1. The van der Waals surface area contributed by atoms with Gasteiger partial charge in [0.1, 0.15) is 18.1 Å². The fraction of sp³-hybridized carbons (Fsp3) is 0.500. The summed E-state index contributed by atoms with van der Waals surface area (Å²) in [6.45, 7) is 6.96. The van der Waals surface area contributed by atoms with Crippen molar-refractivity contribution in [2.45, 2.75) is 38.6 Å². The predicted octanol–water partition coefficient (Wildman–Crippen LogP) is 2.36. The summed E-state index contributed by atoms with van der Waals surface area (Å²) in [5, 5.41) is 0. The lowest BCUT2D eigenvalue weighted by molar-refractivity contribution is 0.0740. The molecule has 2 aromatic rings. The number of rotatable bonds is 4. The molecule has 0 bridgehead atoms. The first kappa shape index (κ1) is 19.7. The summed E-state index contributed by atoms with van der Waals surface area (Å²) in [6.07, 6.45) is 7.00. The average molecular weight is 422 g/mol. The highest BCUT2D eigenvalue weighted by Gasteiger charge is 2.32. The van der Waals surface area contributed by atoms with E-state index >= 15 is 0 Å².